The Labute approximate surface area is 183 Å². The van der Waals surface area contributed by atoms with E-state index in [1.807, 2.05) is 24.3 Å². The van der Waals surface area contributed by atoms with Crippen LogP contribution in [0.1, 0.15) is 18.4 Å². The van der Waals surface area contributed by atoms with Crippen molar-refractivity contribution < 1.29 is 31.1 Å². The smallest absolute Gasteiger partial charge is 0.419 e. The Morgan fingerprint density at radius 1 is 0.906 bits per heavy atom. The lowest BCUT2D eigenvalue weighted by atomic mass is 9.98. The van der Waals surface area contributed by atoms with Crippen LogP contribution < -0.4 is 4.74 Å². The summed E-state index contributed by atoms with van der Waals surface area (Å²) < 4.78 is 71.8. The SMILES string of the molecule is O=C(Oc1ccccc1C(F)(F)F)C1CCN(S(=O)(=O)c2ccc3ccccc3c2)CC1. The number of hydrogen-bond acceptors (Lipinski definition) is 4. The summed E-state index contributed by atoms with van der Waals surface area (Å²) in [6, 6.07) is 16.8. The molecule has 9 heteroatoms. The second kappa shape index (κ2) is 8.55. The van der Waals surface area contributed by atoms with Crippen LogP contribution in [-0.4, -0.2) is 31.8 Å². The summed E-state index contributed by atoms with van der Waals surface area (Å²) in [5, 5.41) is 1.72. The number of hydrogen-bond donors (Lipinski definition) is 0. The van der Waals surface area contributed by atoms with Gasteiger partial charge in [-0.1, -0.05) is 42.5 Å². The van der Waals surface area contributed by atoms with Crippen molar-refractivity contribution in [2.45, 2.75) is 23.9 Å². The molecule has 1 fully saturated rings. The van der Waals surface area contributed by atoms with E-state index in [0.29, 0.717) is 0 Å². The minimum absolute atomic E-state index is 0.0792. The summed E-state index contributed by atoms with van der Waals surface area (Å²) >= 11 is 0. The van der Waals surface area contributed by atoms with Crippen molar-refractivity contribution in [2.75, 3.05) is 13.1 Å². The second-order valence-electron chi connectivity index (χ2n) is 7.60. The van der Waals surface area contributed by atoms with Gasteiger partial charge in [0.15, 0.2) is 0 Å². The van der Waals surface area contributed by atoms with E-state index in [4.69, 9.17) is 4.74 Å². The van der Waals surface area contributed by atoms with Crippen LogP contribution in [0.5, 0.6) is 5.75 Å². The summed E-state index contributed by atoms with van der Waals surface area (Å²) in [5.74, 6) is -2.01. The number of nitrogens with zero attached hydrogens (tertiary/aromatic N) is 1. The van der Waals surface area contributed by atoms with Crippen LogP contribution in [-0.2, 0) is 21.0 Å². The van der Waals surface area contributed by atoms with Crippen LogP contribution in [0, 0.1) is 5.92 Å². The van der Waals surface area contributed by atoms with Gasteiger partial charge in [0.25, 0.3) is 0 Å². The first-order chi connectivity index (χ1) is 15.2. The molecule has 0 unspecified atom stereocenters. The second-order valence-corrected chi connectivity index (χ2v) is 9.54. The van der Waals surface area contributed by atoms with Crippen LogP contribution in [0.15, 0.2) is 71.6 Å². The Hall–Kier alpha value is -2.91. The molecule has 5 nitrogen and oxygen atoms in total. The molecular formula is C23H20F3NO4S. The van der Waals surface area contributed by atoms with Crippen molar-refractivity contribution in [3.63, 3.8) is 0 Å². The Bertz CT molecular complexity index is 1250. The van der Waals surface area contributed by atoms with E-state index < -0.39 is 39.4 Å². The largest absolute Gasteiger partial charge is 0.426 e. The molecule has 0 aromatic heterocycles. The molecule has 0 radical (unpaired) electrons. The molecule has 1 aliphatic rings. The van der Waals surface area contributed by atoms with Crippen molar-refractivity contribution >= 4 is 26.8 Å². The van der Waals surface area contributed by atoms with Crippen molar-refractivity contribution in [3.8, 4) is 5.75 Å². The van der Waals surface area contributed by atoms with Crippen molar-refractivity contribution in [3.05, 3.63) is 72.3 Å². The number of sulfonamides is 1. The minimum Gasteiger partial charge on any atom is -0.426 e. The van der Waals surface area contributed by atoms with Gasteiger partial charge in [-0.15, -0.1) is 0 Å². The average molecular weight is 463 g/mol. The molecule has 1 aliphatic heterocycles. The zero-order valence-electron chi connectivity index (χ0n) is 16.9. The maximum Gasteiger partial charge on any atom is 0.419 e. The van der Waals surface area contributed by atoms with E-state index in [1.165, 1.54) is 16.4 Å². The predicted molar refractivity (Wildman–Crippen MR) is 113 cm³/mol. The standard InChI is InChI=1S/C23H20F3NO4S/c24-23(25,26)20-7-3-4-8-21(20)31-22(28)17-11-13-27(14-12-17)32(29,30)19-10-9-16-5-1-2-6-18(16)15-19/h1-10,15,17H,11-14H2. The third-order valence-corrected chi connectivity index (χ3v) is 7.44. The maximum absolute atomic E-state index is 13.1. The quantitative estimate of drug-likeness (QED) is 0.409. The van der Waals surface area contributed by atoms with Gasteiger partial charge in [-0.2, -0.15) is 17.5 Å². The lowest BCUT2D eigenvalue weighted by molar-refractivity contribution is -0.145. The molecule has 0 N–H and O–H groups in total. The van der Waals surface area contributed by atoms with Gasteiger partial charge in [-0.05, 0) is 47.9 Å². The molecule has 0 aliphatic carbocycles. The number of carbonyl (C=O) groups excluding carboxylic acids is 1. The Balaban J connectivity index is 1.44. The number of benzene rings is 3. The molecule has 0 spiro atoms. The number of para-hydroxylation sites is 1. The summed E-state index contributed by atoms with van der Waals surface area (Å²) in [4.78, 5) is 12.6. The molecule has 32 heavy (non-hydrogen) atoms. The first-order valence-electron chi connectivity index (χ1n) is 10.0. The van der Waals surface area contributed by atoms with E-state index in [9.17, 15) is 26.4 Å². The molecule has 4 rings (SSSR count). The lowest BCUT2D eigenvalue weighted by Crippen LogP contribution is -2.41. The molecule has 1 saturated heterocycles. The van der Waals surface area contributed by atoms with Crippen molar-refractivity contribution in [2.24, 2.45) is 5.92 Å². The number of fused-ring (bicyclic) bond motifs is 1. The average Bonchev–Trinajstić information content (AvgIpc) is 2.78. The van der Waals surface area contributed by atoms with Crippen LogP contribution >= 0.6 is 0 Å². The van der Waals surface area contributed by atoms with E-state index in [-0.39, 0.29) is 30.8 Å². The summed E-state index contributed by atoms with van der Waals surface area (Å²) in [7, 11) is -3.76. The highest BCUT2D eigenvalue weighted by atomic mass is 32.2. The molecule has 1 heterocycles. The van der Waals surface area contributed by atoms with Gasteiger partial charge in [0.1, 0.15) is 5.75 Å². The fourth-order valence-electron chi connectivity index (χ4n) is 3.79. The maximum atomic E-state index is 13.1. The highest BCUT2D eigenvalue weighted by Crippen LogP contribution is 2.36. The predicted octanol–water partition coefficient (Wildman–Crippen LogP) is 4.86. The molecule has 0 saturated carbocycles. The first-order valence-corrected chi connectivity index (χ1v) is 11.5. The zero-order valence-corrected chi connectivity index (χ0v) is 17.7. The molecule has 0 atom stereocenters. The van der Waals surface area contributed by atoms with E-state index >= 15 is 0 Å². The molecular weight excluding hydrogens is 443 g/mol. The number of alkyl halides is 3. The van der Waals surface area contributed by atoms with Gasteiger partial charge < -0.3 is 4.74 Å². The van der Waals surface area contributed by atoms with Gasteiger partial charge in [-0.3, -0.25) is 4.79 Å². The van der Waals surface area contributed by atoms with E-state index in [2.05, 4.69) is 0 Å². The summed E-state index contributed by atoms with van der Waals surface area (Å²) in [5.41, 5.74) is -1.02. The summed E-state index contributed by atoms with van der Waals surface area (Å²) in [6.07, 6.45) is -4.31. The van der Waals surface area contributed by atoms with Crippen molar-refractivity contribution in [1.82, 2.24) is 4.31 Å². The highest BCUT2D eigenvalue weighted by molar-refractivity contribution is 7.89. The number of esters is 1. The molecule has 3 aromatic carbocycles. The highest BCUT2D eigenvalue weighted by Gasteiger charge is 2.37. The minimum atomic E-state index is -4.64. The number of piperidine rings is 1. The van der Waals surface area contributed by atoms with Crippen LogP contribution in [0.2, 0.25) is 0 Å². The third-order valence-electron chi connectivity index (χ3n) is 5.55. The third kappa shape index (κ3) is 4.49. The van der Waals surface area contributed by atoms with Crippen LogP contribution in [0.25, 0.3) is 10.8 Å². The molecule has 3 aromatic rings. The normalized spacial score (nSPS) is 16.2. The van der Waals surface area contributed by atoms with Gasteiger partial charge in [0.2, 0.25) is 10.0 Å². The van der Waals surface area contributed by atoms with Gasteiger partial charge in [0, 0.05) is 13.1 Å². The number of ether oxygens (including phenoxy) is 1. The fourth-order valence-corrected chi connectivity index (χ4v) is 5.30. The van der Waals surface area contributed by atoms with Crippen LogP contribution in [0.3, 0.4) is 0 Å². The lowest BCUT2D eigenvalue weighted by Gasteiger charge is -2.30. The number of halogens is 3. The van der Waals surface area contributed by atoms with E-state index in [1.54, 1.807) is 18.2 Å². The Morgan fingerprint density at radius 2 is 1.53 bits per heavy atom. The first kappa shape index (κ1) is 22.3. The monoisotopic (exact) mass is 463 g/mol. The van der Waals surface area contributed by atoms with Gasteiger partial charge in [0.05, 0.1) is 16.4 Å². The molecule has 0 bridgehead atoms. The zero-order chi connectivity index (χ0) is 22.9. The molecule has 168 valence electrons. The van der Waals surface area contributed by atoms with Gasteiger partial charge in [-0.25, -0.2) is 8.42 Å². The van der Waals surface area contributed by atoms with E-state index in [0.717, 1.165) is 22.9 Å². The number of carbonyl (C=O) groups is 1. The topological polar surface area (TPSA) is 63.7 Å². The fraction of sp³-hybridized carbons (Fsp3) is 0.261. The molecule has 0 amide bonds. The van der Waals surface area contributed by atoms with Crippen LogP contribution in [0.4, 0.5) is 13.2 Å². The van der Waals surface area contributed by atoms with Crippen molar-refractivity contribution in [1.29, 1.82) is 0 Å². The number of rotatable bonds is 4. The summed E-state index contributed by atoms with van der Waals surface area (Å²) in [6.45, 7) is 0.158. The van der Waals surface area contributed by atoms with Gasteiger partial charge >= 0.3 is 12.1 Å². The Morgan fingerprint density at radius 3 is 2.22 bits per heavy atom. The Kier molecular flexibility index (Phi) is 5.96.